The van der Waals surface area contributed by atoms with Crippen molar-refractivity contribution in [1.82, 2.24) is 0 Å². The quantitative estimate of drug-likeness (QED) is 0.800. The molecule has 0 atom stereocenters. The van der Waals surface area contributed by atoms with Crippen LogP contribution < -0.4 is 11.1 Å². The van der Waals surface area contributed by atoms with Gasteiger partial charge in [-0.15, -0.1) is 0 Å². The standard InChI is InChI=1S/C14H14F6N2O2/c15-13(16,17)8-5-9(14(18,19)20)7-10(6-8)22-11(23)12(21)1-3-24-4-2-12/h5-7H,1-4,21H2,(H,22,23). The van der Waals surface area contributed by atoms with Crippen molar-refractivity contribution in [2.45, 2.75) is 30.7 Å². The SMILES string of the molecule is NC1(C(=O)Nc2cc(C(F)(F)F)cc(C(F)(F)F)c2)CCOCC1. The van der Waals surface area contributed by atoms with Gasteiger partial charge in [0.2, 0.25) is 5.91 Å². The number of hydrogen-bond donors (Lipinski definition) is 2. The summed E-state index contributed by atoms with van der Waals surface area (Å²) in [5, 5.41) is 2.06. The molecule has 10 heteroatoms. The number of amides is 1. The lowest BCUT2D eigenvalue weighted by Gasteiger charge is -2.31. The largest absolute Gasteiger partial charge is 0.416 e. The smallest absolute Gasteiger partial charge is 0.381 e. The third-order valence-corrected chi connectivity index (χ3v) is 3.68. The number of ether oxygens (including phenoxy) is 1. The first kappa shape index (κ1) is 18.5. The Bertz CT molecular complexity index is 588. The lowest BCUT2D eigenvalue weighted by Crippen LogP contribution is -2.54. The van der Waals surface area contributed by atoms with E-state index in [1.807, 2.05) is 0 Å². The number of nitrogens with two attached hydrogens (primary N) is 1. The molecule has 0 saturated carbocycles. The van der Waals surface area contributed by atoms with Crippen LogP contribution >= 0.6 is 0 Å². The number of anilines is 1. The molecule has 1 fully saturated rings. The molecule has 2 rings (SSSR count). The van der Waals surface area contributed by atoms with Crippen LogP contribution in [0.25, 0.3) is 0 Å². The second-order valence-corrected chi connectivity index (χ2v) is 5.52. The summed E-state index contributed by atoms with van der Waals surface area (Å²) in [7, 11) is 0. The van der Waals surface area contributed by atoms with E-state index in [1.165, 1.54) is 0 Å². The first-order chi connectivity index (χ1) is 10.9. The third-order valence-electron chi connectivity index (χ3n) is 3.68. The first-order valence-electron chi connectivity index (χ1n) is 6.89. The number of hydrogen-bond acceptors (Lipinski definition) is 3. The maximum Gasteiger partial charge on any atom is 0.416 e. The van der Waals surface area contributed by atoms with E-state index in [9.17, 15) is 31.1 Å². The molecule has 3 N–H and O–H groups in total. The summed E-state index contributed by atoms with van der Waals surface area (Å²) in [4.78, 5) is 12.2. The predicted molar refractivity (Wildman–Crippen MR) is 72.0 cm³/mol. The highest BCUT2D eigenvalue weighted by Gasteiger charge is 2.39. The zero-order chi connectivity index (χ0) is 18.2. The zero-order valence-electron chi connectivity index (χ0n) is 12.2. The molecule has 1 aliphatic rings. The Morgan fingerprint density at radius 1 is 1.00 bits per heavy atom. The van der Waals surface area contributed by atoms with E-state index in [-0.39, 0.29) is 32.1 Å². The van der Waals surface area contributed by atoms with Gasteiger partial charge in [0.25, 0.3) is 0 Å². The molecule has 1 aliphatic heterocycles. The second kappa shape index (κ2) is 6.25. The summed E-state index contributed by atoms with van der Waals surface area (Å²) in [6.07, 6.45) is -9.74. The molecule has 1 aromatic rings. The highest BCUT2D eigenvalue weighted by Crippen LogP contribution is 2.37. The Labute approximate surface area is 133 Å². The third kappa shape index (κ3) is 4.18. The number of carbonyl (C=O) groups is 1. The van der Waals surface area contributed by atoms with Crippen LogP contribution in [0, 0.1) is 0 Å². The van der Waals surface area contributed by atoms with Crippen molar-refractivity contribution in [2.24, 2.45) is 5.73 Å². The minimum Gasteiger partial charge on any atom is -0.381 e. The van der Waals surface area contributed by atoms with E-state index < -0.39 is 40.6 Å². The first-order valence-corrected chi connectivity index (χ1v) is 6.89. The van der Waals surface area contributed by atoms with Crippen LogP contribution in [0.1, 0.15) is 24.0 Å². The molecule has 24 heavy (non-hydrogen) atoms. The lowest BCUT2D eigenvalue weighted by molar-refractivity contribution is -0.143. The fourth-order valence-electron chi connectivity index (χ4n) is 2.25. The van der Waals surface area contributed by atoms with Crippen LogP contribution in [0.15, 0.2) is 18.2 Å². The number of rotatable bonds is 2. The molecule has 134 valence electrons. The van der Waals surface area contributed by atoms with Crippen molar-refractivity contribution in [3.63, 3.8) is 0 Å². The molecule has 1 saturated heterocycles. The summed E-state index contributed by atoms with van der Waals surface area (Å²) in [6.45, 7) is 0.362. The van der Waals surface area contributed by atoms with E-state index in [4.69, 9.17) is 10.5 Å². The average Bonchev–Trinajstić information content (AvgIpc) is 2.46. The van der Waals surface area contributed by atoms with Crippen molar-refractivity contribution < 1.29 is 35.9 Å². The molecular weight excluding hydrogens is 342 g/mol. The highest BCUT2D eigenvalue weighted by molar-refractivity contribution is 5.98. The minimum absolute atomic E-state index is 0.0116. The molecule has 0 radical (unpaired) electrons. The van der Waals surface area contributed by atoms with Crippen LogP contribution in [-0.4, -0.2) is 24.7 Å². The van der Waals surface area contributed by atoms with E-state index in [0.29, 0.717) is 12.1 Å². The minimum atomic E-state index is -4.99. The van der Waals surface area contributed by atoms with Gasteiger partial charge in [-0.1, -0.05) is 0 Å². The fraction of sp³-hybridized carbons (Fsp3) is 0.500. The lowest BCUT2D eigenvalue weighted by atomic mass is 9.90. The molecule has 0 bridgehead atoms. The Morgan fingerprint density at radius 3 is 1.88 bits per heavy atom. The van der Waals surface area contributed by atoms with Crippen LogP contribution in [0.3, 0.4) is 0 Å². The zero-order valence-corrected chi connectivity index (χ0v) is 12.2. The molecule has 0 spiro atoms. The van der Waals surface area contributed by atoms with Crippen molar-refractivity contribution >= 4 is 11.6 Å². The molecule has 0 unspecified atom stereocenters. The maximum absolute atomic E-state index is 12.8. The van der Waals surface area contributed by atoms with Gasteiger partial charge in [-0.2, -0.15) is 26.3 Å². The van der Waals surface area contributed by atoms with Crippen LogP contribution in [0.2, 0.25) is 0 Å². The predicted octanol–water partition coefficient (Wildman–Crippen LogP) is 3.17. The van der Waals surface area contributed by atoms with Gasteiger partial charge >= 0.3 is 12.4 Å². The van der Waals surface area contributed by atoms with Gasteiger partial charge in [-0.05, 0) is 31.0 Å². The molecule has 0 aliphatic carbocycles. The molecule has 1 amide bonds. The number of nitrogens with one attached hydrogen (secondary N) is 1. The van der Waals surface area contributed by atoms with Gasteiger partial charge in [-0.25, -0.2) is 0 Å². The topological polar surface area (TPSA) is 64.4 Å². The van der Waals surface area contributed by atoms with Crippen molar-refractivity contribution in [1.29, 1.82) is 0 Å². The monoisotopic (exact) mass is 356 g/mol. The second-order valence-electron chi connectivity index (χ2n) is 5.52. The van der Waals surface area contributed by atoms with Gasteiger partial charge in [0, 0.05) is 18.9 Å². The van der Waals surface area contributed by atoms with Gasteiger partial charge in [0.15, 0.2) is 0 Å². The fourth-order valence-corrected chi connectivity index (χ4v) is 2.25. The summed E-state index contributed by atoms with van der Waals surface area (Å²) in [5.74, 6) is -0.849. The normalized spacial score (nSPS) is 18.3. The van der Waals surface area contributed by atoms with Crippen LogP contribution in [-0.2, 0) is 21.9 Å². The highest BCUT2D eigenvalue weighted by atomic mass is 19.4. The number of carbonyl (C=O) groups excluding carboxylic acids is 1. The van der Waals surface area contributed by atoms with Crippen molar-refractivity contribution in [3.8, 4) is 0 Å². The summed E-state index contributed by atoms with van der Waals surface area (Å²) < 4.78 is 81.7. The van der Waals surface area contributed by atoms with Crippen LogP contribution in [0.4, 0.5) is 32.0 Å². The molecule has 0 aromatic heterocycles. The number of halogens is 6. The molecule has 1 heterocycles. The number of benzene rings is 1. The van der Waals surface area contributed by atoms with Crippen molar-refractivity contribution in [3.05, 3.63) is 29.3 Å². The average molecular weight is 356 g/mol. The van der Waals surface area contributed by atoms with E-state index in [2.05, 4.69) is 5.32 Å². The summed E-state index contributed by atoms with van der Waals surface area (Å²) >= 11 is 0. The number of alkyl halides is 6. The maximum atomic E-state index is 12.8. The van der Waals surface area contributed by atoms with E-state index in [0.717, 1.165) is 0 Å². The van der Waals surface area contributed by atoms with Gasteiger partial charge in [0.1, 0.15) is 5.54 Å². The van der Waals surface area contributed by atoms with Crippen molar-refractivity contribution in [2.75, 3.05) is 18.5 Å². The van der Waals surface area contributed by atoms with E-state index in [1.54, 1.807) is 0 Å². The van der Waals surface area contributed by atoms with Gasteiger partial charge < -0.3 is 15.8 Å². The molecular formula is C14H14F6N2O2. The molecule has 1 aromatic carbocycles. The Balaban J connectivity index is 2.33. The Hall–Kier alpha value is -1.81. The summed E-state index contributed by atoms with van der Waals surface area (Å²) in [6, 6.07) is 0.869. The Kier molecular flexibility index (Phi) is 4.82. The molecule has 4 nitrogen and oxygen atoms in total. The summed E-state index contributed by atoms with van der Waals surface area (Å²) in [5.41, 5.74) is 0.834. The Morgan fingerprint density at radius 2 is 1.46 bits per heavy atom. The van der Waals surface area contributed by atoms with Crippen LogP contribution in [0.5, 0.6) is 0 Å². The van der Waals surface area contributed by atoms with Gasteiger partial charge in [-0.3, -0.25) is 4.79 Å². The van der Waals surface area contributed by atoms with E-state index >= 15 is 0 Å². The van der Waals surface area contributed by atoms with Gasteiger partial charge in [0.05, 0.1) is 11.1 Å².